The van der Waals surface area contributed by atoms with Crippen LogP contribution in [0.4, 0.5) is 0 Å². The maximum atomic E-state index is 6.25. The Morgan fingerprint density at radius 2 is 1.52 bits per heavy atom. The predicted octanol–water partition coefficient (Wildman–Crippen LogP) is 7.67. The average Bonchev–Trinajstić information content (AvgIpc) is 2.98. The van der Waals surface area contributed by atoms with Crippen LogP contribution in [0.2, 0.25) is 10.0 Å². The van der Waals surface area contributed by atoms with Crippen LogP contribution in [-0.4, -0.2) is 9.55 Å². The monoisotopic (exact) mass is 438 g/mol. The molecule has 0 amide bonds. The lowest BCUT2D eigenvalue weighted by molar-refractivity contribution is 0.710. The first-order chi connectivity index (χ1) is 14.0. The molecular weight excluding hydrogens is 419 g/mol. The second-order valence-corrected chi connectivity index (χ2v) is 8.95. The first-order valence-corrected chi connectivity index (χ1v) is 10.9. The summed E-state index contributed by atoms with van der Waals surface area (Å²) in [6.45, 7) is 5.03. The lowest BCUT2D eigenvalue weighted by Gasteiger charge is -2.14. The first kappa shape index (κ1) is 20.1. The molecule has 29 heavy (non-hydrogen) atoms. The molecule has 0 saturated heterocycles. The summed E-state index contributed by atoms with van der Waals surface area (Å²) >= 11 is 14.2. The topological polar surface area (TPSA) is 17.8 Å². The molecule has 0 unspecified atom stereocenters. The molecule has 2 heterocycles. The van der Waals surface area contributed by atoms with E-state index in [2.05, 4.69) is 65.9 Å². The summed E-state index contributed by atoms with van der Waals surface area (Å²) in [5.74, 6) is 0. The Morgan fingerprint density at radius 1 is 0.862 bits per heavy atom. The van der Waals surface area contributed by atoms with Crippen molar-refractivity contribution >= 4 is 35.0 Å². The highest BCUT2D eigenvalue weighted by atomic mass is 35.5. The van der Waals surface area contributed by atoms with Crippen molar-refractivity contribution in [2.45, 2.75) is 30.3 Å². The fraction of sp³-hybridized carbons (Fsp3) is 0.125. The van der Waals surface area contributed by atoms with Crippen molar-refractivity contribution in [1.82, 2.24) is 9.55 Å². The van der Waals surface area contributed by atoms with E-state index < -0.39 is 0 Å². The van der Waals surface area contributed by atoms with Gasteiger partial charge in [0, 0.05) is 45.1 Å². The summed E-state index contributed by atoms with van der Waals surface area (Å²) in [6.07, 6.45) is 3.66. The second kappa shape index (κ2) is 8.66. The summed E-state index contributed by atoms with van der Waals surface area (Å²) in [4.78, 5) is 5.15. The number of benzene rings is 2. The van der Waals surface area contributed by atoms with E-state index in [0.29, 0.717) is 10.0 Å². The molecule has 0 fully saturated rings. The Balaban J connectivity index is 1.82. The van der Waals surface area contributed by atoms with Gasteiger partial charge in [-0.3, -0.25) is 4.98 Å². The molecule has 2 nitrogen and oxygen atoms in total. The number of hydrogen-bond donors (Lipinski definition) is 0. The Hall–Kier alpha value is -2.20. The van der Waals surface area contributed by atoms with Gasteiger partial charge in [0.15, 0.2) is 0 Å². The molecule has 0 aliphatic carbocycles. The third kappa shape index (κ3) is 4.69. The molecule has 0 spiro atoms. The summed E-state index contributed by atoms with van der Waals surface area (Å²) in [7, 11) is 0. The third-order valence-corrected chi connectivity index (χ3v) is 6.30. The van der Waals surface area contributed by atoms with Crippen LogP contribution in [0.1, 0.15) is 16.8 Å². The third-order valence-electron chi connectivity index (χ3n) is 4.76. The fourth-order valence-corrected chi connectivity index (χ4v) is 5.13. The highest BCUT2D eigenvalue weighted by molar-refractivity contribution is 7.99. The Morgan fingerprint density at radius 3 is 2.17 bits per heavy atom. The van der Waals surface area contributed by atoms with Crippen LogP contribution >= 0.6 is 35.0 Å². The number of halogens is 2. The molecule has 0 aliphatic rings. The van der Waals surface area contributed by atoms with Crippen molar-refractivity contribution in [3.63, 3.8) is 0 Å². The van der Waals surface area contributed by atoms with Crippen molar-refractivity contribution in [3.05, 3.63) is 99.9 Å². The zero-order valence-electron chi connectivity index (χ0n) is 16.2. The Kier molecular flexibility index (Phi) is 6.00. The maximum Gasteiger partial charge on any atom is 0.0881 e. The second-order valence-electron chi connectivity index (χ2n) is 7.02. The minimum Gasteiger partial charge on any atom is -0.335 e. The van der Waals surface area contributed by atoms with Gasteiger partial charge in [0.1, 0.15) is 0 Å². The van der Waals surface area contributed by atoms with E-state index in [9.17, 15) is 0 Å². The van der Waals surface area contributed by atoms with Gasteiger partial charge in [0.2, 0.25) is 0 Å². The highest BCUT2D eigenvalue weighted by Crippen LogP contribution is 2.40. The summed E-state index contributed by atoms with van der Waals surface area (Å²) in [6, 6.07) is 20.7. The van der Waals surface area contributed by atoms with Gasteiger partial charge in [-0.1, -0.05) is 64.8 Å². The molecule has 0 saturated carbocycles. The van der Waals surface area contributed by atoms with Crippen molar-refractivity contribution in [3.8, 4) is 11.1 Å². The summed E-state index contributed by atoms with van der Waals surface area (Å²) in [5.41, 5.74) is 6.06. The van der Waals surface area contributed by atoms with Crippen molar-refractivity contribution in [1.29, 1.82) is 0 Å². The van der Waals surface area contributed by atoms with E-state index in [1.54, 1.807) is 17.8 Å². The predicted molar refractivity (Wildman–Crippen MR) is 123 cm³/mol. The van der Waals surface area contributed by atoms with E-state index in [1.165, 1.54) is 33.0 Å². The fourth-order valence-electron chi connectivity index (χ4n) is 3.27. The zero-order chi connectivity index (χ0) is 20.4. The Bertz CT molecular complexity index is 1120. The lowest BCUT2D eigenvalue weighted by Crippen LogP contribution is -2.03. The highest BCUT2D eigenvalue weighted by Gasteiger charge is 2.17. The van der Waals surface area contributed by atoms with E-state index >= 15 is 0 Å². The molecule has 0 radical (unpaired) electrons. The molecular formula is C24H20Cl2N2S. The van der Waals surface area contributed by atoms with Gasteiger partial charge in [-0.15, -0.1) is 0 Å². The van der Waals surface area contributed by atoms with E-state index in [-0.39, 0.29) is 0 Å². The van der Waals surface area contributed by atoms with Gasteiger partial charge in [-0.25, -0.2) is 0 Å². The number of aryl methyl sites for hydroxylation is 2. The minimum absolute atomic E-state index is 0.640. The quantitative estimate of drug-likeness (QED) is 0.317. The number of rotatable bonds is 5. The number of pyridine rings is 1. The van der Waals surface area contributed by atoms with Gasteiger partial charge >= 0.3 is 0 Å². The van der Waals surface area contributed by atoms with Gasteiger partial charge in [-0.05, 0) is 61.4 Å². The van der Waals surface area contributed by atoms with Crippen molar-refractivity contribution in [2.24, 2.45) is 0 Å². The molecule has 2 aromatic carbocycles. The molecule has 0 aliphatic heterocycles. The number of aromatic nitrogens is 2. The SMILES string of the molecule is Cc1ccc(-c2cc(C)n(Cc3ccncc3)c2Sc2cc(Cl)cc(Cl)c2)cc1. The number of nitrogens with zero attached hydrogens (tertiary/aromatic N) is 2. The van der Waals surface area contributed by atoms with Gasteiger partial charge in [0.05, 0.1) is 5.03 Å². The average molecular weight is 439 g/mol. The zero-order valence-corrected chi connectivity index (χ0v) is 18.5. The normalized spacial score (nSPS) is 11.0. The summed E-state index contributed by atoms with van der Waals surface area (Å²) < 4.78 is 2.34. The van der Waals surface area contributed by atoms with E-state index in [4.69, 9.17) is 23.2 Å². The van der Waals surface area contributed by atoms with Crippen LogP contribution in [0.15, 0.2) is 83.0 Å². The first-order valence-electron chi connectivity index (χ1n) is 9.29. The maximum absolute atomic E-state index is 6.25. The van der Waals surface area contributed by atoms with Gasteiger partial charge < -0.3 is 4.57 Å². The van der Waals surface area contributed by atoms with Crippen molar-refractivity contribution < 1.29 is 0 Å². The standard InChI is InChI=1S/C24H20Cl2N2S/c1-16-3-5-19(6-4-16)23-11-17(2)28(15-18-7-9-27-10-8-18)24(23)29-22-13-20(25)12-21(26)14-22/h3-14H,15H2,1-2H3. The van der Waals surface area contributed by atoms with E-state index in [1.807, 2.05) is 24.5 Å². The smallest absolute Gasteiger partial charge is 0.0881 e. The number of hydrogen-bond acceptors (Lipinski definition) is 2. The van der Waals surface area contributed by atoms with Crippen LogP contribution in [0.5, 0.6) is 0 Å². The molecule has 0 bridgehead atoms. The Labute approximate surface area is 185 Å². The van der Waals surface area contributed by atoms with Crippen LogP contribution < -0.4 is 0 Å². The van der Waals surface area contributed by atoms with Crippen LogP contribution in [0, 0.1) is 13.8 Å². The van der Waals surface area contributed by atoms with Crippen LogP contribution in [-0.2, 0) is 6.54 Å². The van der Waals surface area contributed by atoms with Gasteiger partial charge in [0.25, 0.3) is 0 Å². The molecule has 2 aromatic heterocycles. The van der Waals surface area contributed by atoms with Crippen LogP contribution in [0.3, 0.4) is 0 Å². The lowest BCUT2D eigenvalue weighted by atomic mass is 10.1. The molecule has 0 N–H and O–H groups in total. The van der Waals surface area contributed by atoms with Crippen LogP contribution in [0.25, 0.3) is 11.1 Å². The summed E-state index contributed by atoms with van der Waals surface area (Å²) in [5, 5.41) is 2.45. The minimum atomic E-state index is 0.640. The molecule has 146 valence electrons. The largest absolute Gasteiger partial charge is 0.335 e. The molecule has 0 atom stereocenters. The van der Waals surface area contributed by atoms with Crippen molar-refractivity contribution in [2.75, 3.05) is 0 Å². The molecule has 4 aromatic rings. The van der Waals surface area contributed by atoms with Gasteiger partial charge in [-0.2, -0.15) is 0 Å². The van der Waals surface area contributed by atoms with E-state index in [0.717, 1.165) is 11.4 Å². The molecule has 4 rings (SSSR count). The molecule has 5 heteroatoms.